The molecule has 0 saturated heterocycles. The number of para-hydroxylation sites is 4. The van der Waals surface area contributed by atoms with Gasteiger partial charge in [-0.05, 0) is 36.4 Å². The van der Waals surface area contributed by atoms with Gasteiger partial charge in [0.15, 0.2) is 11.5 Å². The second kappa shape index (κ2) is 8.05. The van der Waals surface area contributed by atoms with E-state index in [9.17, 15) is 14.7 Å². The molecule has 1 N–H and O–H groups in total. The summed E-state index contributed by atoms with van der Waals surface area (Å²) in [5, 5.41) is 9.78. The van der Waals surface area contributed by atoms with Crippen LogP contribution in [0.1, 0.15) is 20.7 Å². The van der Waals surface area contributed by atoms with Crippen molar-refractivity contribution in [2.45, 2.75) is 0 Å². The van der Waals surface area contributed by atoms with Crippen LogP contribution in [0.25, 0.3) is 0 Å². The molecule has 0 amide bonds. The van der Waals surface area contributed by atoms with Crippen LogP contribution < -0.4 is 14.2 Å². The molecular formula is C21H16O6. The van der Waals surface area contributed by atoms with E-state index in [1.54, 1.807) is 48.5 Å². The number of ether oxygens (including phenoxy) is 3. The van der Waals surface area contributed by atoms with E-state index in [0.717, 1.165) is 0 Å². The molecule has 0 bridgehead atoms. The average Bonchev–Trinajstić information content (AvgIpc) is 2.69. The van der Waals surface area contributed by atoms with Crippen LogP contribution in [0, 0.1) is 0 Å². The summed E-state index contributed by atoms with van der Waals surface area (Å²) in [5.74, 6) is -1.05. The Hall–Kier alpha value is -3.80. The van der Waals surface area contributed by atoms with Gasteiger partial charge >= 0.3 is 11.9 Å². The number of carbonyl (C=O) groups is 2. The Morgan fingerprint density at radius 1 is 0.667 bits per heavy atom. The van der Waals surface area contributed by atoms with Gasteiger partial charge in [0.2, 0.25) is 0 Å². The summed E-state index contributed by atoms with van der Waals surface area (Å²) >= 11 is 0. The quantitative estimate of drug-likeness (QED) is 0.547. The largest absolute Gasteiger partial charge is 0.507 e. The molecule has 0 spiro atoms. The molecule has 0 saturated carbocycles. The van der Waals surface area contributed by atoms with Gasteiger partial charge in [0, 0.05) is 0 Å². The lowest BCUT2D eigenvalue weighted by Gasteiger charge is -2.12. The Bertz CT molecular complexity index is 980. The van der Waals surface area contributed by atoms with Gasteiger partial charge in [0.25, 0.3) is 0 Å². The summed E-state index contributed by atoms with van der Waals surface area (Å²) < 4.78 is 15.8. The van der Waals surface area contributed by atoms with Crippen LogP contribution in [-0.2, 0) is 0 Å². The first-order chi connectivity index (χ1) is 13.1. The minimum Gasteiger partial charge on any atom is -0.507 e. The van der Waals surface area contributed by atoms with E-state index in [-0.39, 0.29) is 28.4 Å². The van der Waals surface area contributed by atoms with Crippen molar-refractivity contribution in [3.05, 3.63) is 83.9 Å². The normalized spacial score (nSPS) is 10.1. The van der Waals surface area contributed by atoms with Crippen LogP contribution in [-0.4, -0.2) is 24.2 Å². The van der Waals surface area contributed by atoms with Crippen molar-refractivity contribution >= 4 is 11.9 Å². The molecule has 27 heavy (non-hydrogen) atoms. The highest BCUT2D eigenvalue weighted by Gasteiger charge is 2.20. The van der Waals surface area contributed by atoms with Crippen LogP contribution in [0.5, 0.6) is 23.0 Å². The van der Waals surface area contributed by atoms with Gasteiger partial charge in [-0.3, -0.25) is 0 Å². The SMILES string of the molecule is COc1ccccc1OC(=O)c1ccccc1OC(=O)c1ccccc1O. The number of phenols is 1. The van der Waals surface area contributed by atoms with Crippen molar-refractivity contribution in [1.82, 2.24) is 0 Å². The van der Waals surface area contributed by atoms with Gasteiger partial charge in [-0.2, -0.15) is 0 Å². The molecule has 136 valence electrons. The van der Waals surface area contributed by atoms with Crippen molar-refractivity contribution in [2.75, 3.05) is 7.11 Å². The Morgan fingerprint density at radius 3 is 1.81 bits per heavy atom. The summed E-state index contributed by atoms with van der Waals surface area (Å²) in [6, 6.07) is 18.9. The van der Waals surface area contributed by atoms with Crippen LogP contribution in [0.2, 0.25) is 0 Å². The van der Waals surface area contributed by atoms with E-state index >= 15 is 0 Å². The molecule has 0 fully saturated rings. The molecule has 0 radical (unpaired) electrons. The Labute approximate surface area is 155 Å². The average molecular weight is 364 g/mol. The monoisotopic (exact) mass is 364 g/mol. The van der Waals surface area contributed by atoms with E-state index < -0.39 is 11.9 Å². The van der Waals surface area contributed by atoms with E-state index in [1.165, 1.54) is 31.4 Å². The molecule has 6 nitrogen and oxygen atoms in total. The predicted octanol–water partition coefficient (Wildman–Crippen LogP) is 3.84. The van der Waals surface area contributed by atoms with E-state index in [0.29, 0.717) is 5.75 Å². The number of methoxy groups -OCH3 is 1. The number of esters is 2. The van der Waals surface area contributed by atoms with Crippen molar-refractivity contribution in [1.29, 1.82) is 0 Å². The number of hydrogen-bond donors (Lipinski definition) is 1. The highest BCUT2D eigenvalue weighted by molar-refractivity contribution is 5.98. The maximum absolute atomic E-state index is 12.6. The first kappa shape index (κ1) is 18.0. The van der Waals surface area contributed by atoms with Crippen LogP contribution >= 0.6 is 0 Å². The molecule has 0 aromatic heterocycles. The van der Waals surface area contributed by atoms with E-state index in [2.05, 4.69) is 0 Å². The third-order valence-corrected chi connectivity index (χ3v) is 3.71. The van der Waals surface area contributed by atoms with Gasteiger partial charge in [-0.15, -0.1) is 0 Å². The summed E-state index contributed by atoms with van der Waals surface area (Å²) in [6.45, 7) is 0. The zero-order valence-corrected chi connectivity index (χ0v) is 14.4. The highest BCUT2D eigenvalue weighted by Crippen LogP contribution is 2.29. The minimum atomic E-state index is -0.786. The molecule has 0 heterocycles. The molecule has 3 aromatic carbocycles. The fraction of sp³-hybridized carbons (Fsp3) is 0.0476. The standard InChI is InChI=1S/C21H16O6/c1-25-18-12-6-7-13-19(18)27-21(24)15-9-3-5-11-17(15)26-20(23)14-8-2-4-10-16(14)22/h2-13,22H,1H3. The lowest BCUT2D eigenvalue weighted by atomic mass is 10.2. The summed E-state index contributed by atoms with van der Waals surface area (Å²) in [5.41, 5.74) is 0.0533. The number of phenolic OH excluding ortho intramolecular Hbond substituents is 1. The molecule has 6 heteroatoms. The van der Waals surface area contributed by atoms with Gasteiger partial charge in [0.05, 0.1) is 7.11 Å². The summed E-state index contributed by atoms with van der Waals surface area (Å²) in [6.07, 6.45) is 0. The van der Waals surface area contributed by atoms with Crippen LogP contribution in [0.4, 0.5) is 0 Å². The van der Waals surface area contributed by atoms with E-state index in [1.807, 2.05) is 0 Å². The Balaban J connectivity index is 1.84. The molecule has 0 aliphatic rings. The zero-order valence-electron chi connectivity index (χ0n) is 14.4. The van der Waals surface area contributed by atoms with Crippen molar-refractivity contribution in [3.63, 3.8) is 0 Å². The maximum atomic E-state index is 12.6. The van der Waals surface area contributed by atoms with Gasteiger partial charge in [0.1, 0.15) is 22.6 Å². The Kier molecular flexibility index (Phi) is 5.37. The fourth-order valence-electron chi connectivity index (χ4n) is 2.38. The number of hydrogen-bond acceptors (Lipinski definition) is 6. The molecular weight excluding hydrogens is 348 g/mol. The van der Waals surface area contributed by atoms with E-state index in [4.69, 9.17) is 14.2 Å². The second-order valence-corrected chi connectivity index (χ2v) is 5.44. The van der Waals surface area contributed by atoms with Crippen molar-refractivity contribution in [2.24, 2.45) is 0 Å². The zero-order chi connectivity index (χ0) is 19.2. The van der Waals surface area contributed by atoms with Crippen molar-refractivity contribution < 1.29 is 28.9 Å². The van der Waals surface area contributed by atoms with Crippen molar-refractivity contribution in [3.8, 4) is 23.0 Å². The number of rotatable bonds is 5. The lowest BCUT2D eigenvalue weighted by molar-refractivity contribution is 0.0703. The molecule has 0 aliphatic heterocycles. The highest BCUT2D eigenvalue weighted by atomic mass is 16.6. The smallest absolute Gasteiger partial charge is 0.347 e. The first-order valence-electron chi connectivity index (χ1n) is 8.04. The van der Waals surface area contributed by atoms with Gasteiger partial charge in [-0.1, -0.05) is 36.4 Å². The minimum absolute atomic E-state index is 0.00889. The fourth-order valence-corrected chi connectivity index (χ4v) is 2.38. The number of aromatic hydroxyl groups is 1. The molecule has 0 aliphatic carbocycles. The van der Waals surface area contributed by atoms with Crippen LogP contribution in [0.3, 0.4) is 0 Å². The lowest BCUT2D eigenvalue weighted by Crippen LogP contribution is -2.14. The second-order valence-electron chi connectivity index (χ2n) is 5.44. The number of benzene rings is 3. The maximum Gasteiger partial charge on any atom is 0.347 e. The molecule has 0 unspecified atom stereocenters. The predicted molar refractivity (Wildman–Crippen MR) is 97.5 cm³/mol. The third kappa shape index (κ3) is 4.07. The number of carbonyl (C=O) groups excluding carboxylic acids is 2. The molecule has 0 atom stereocenters. The molecule has 3 rings (SSSR count). The summed E-state index contributed by atoms with van der Waals surface area (Å²) in [4.78, 5) is 24.9. The first-order valence-corrected chi connectivity index (χ1v) is 8.04. The van der Waals surface area contributed by atoms with Gasteiger partial charge in [-0.25, -0.2) is 9.59 Å². The Morgan fingerprint density at radius 2 is 1.15 bits per heavy atom. The molecule has 3 aromatic rings. The topological polar surface area (TPSA) is 82.1 Å². The van der Waals surface area contributed by atoms with Crippen LogP contribution in [0.15, 0.2) is 72.8 Å². The summed E-state index contributed by atoms with van der Waals surface area (Å²) in [7, 11) is 1.47. The third-order valence-electron chi connectivity index (χ3n) is 3.71. The van der Waals surface area contributed by atoms with Gasteiger partial charge < -0.3 is 19.3 Å².